The minimum Gasteiger partial charge on any atom is -0.482 e. The first-order valence-electron chi connectivity index (χ1n) is 8.68. The topological polar surface area (TPSA) is 181 Å². The Balaban J connectivity index is 0.00000110. The number of esters is 1. The first-order chi connectivity index (χ1) is 14.6. The number of benzene rings is 2. The predicted octanol–water partition coefficient (Wildman–Crippen LogP) is 1.58. The Morgan fingerprint density at radius 2 is 1.52 bits per heavy atom. The average Bonchev–Trinajstić information content (AvgIpc) is 2.72. The van der Waals surface area contributed by atoms with Gasteiger partial charge in [-0.1, -0.05) is 0 Å². The second kappa shape index (κ2) is 12.2. The molecular formula is C20H22N4O7. The van der Waals surface area contributed by atoms with Crippen molar-refractivity contribution in [2.45, 2.75) is 6.92 Å². The van der Waals surface area contributed by atoms with E-state index in [1.165, 1.54) is 31.4 Å². The third-order valence-corrected chi connectivity index (χ3v) is 3.38. The van der Waals surface area contributed by atoms with Crippen LogP contribution in [0.25, 0.3) is 0 Å². The Labute approximate surface area is 177 Å². The number of carboxylic acids is 1. The molecule has 0 radical (unpaired) electrons. The molecule has 11 nitrogen and oxygen atoms in total. The summed E-state index contributed by atoms with van der Waals surface area (Å²) in [5.41, 5.74) is 6.55. The summed E-state index contributed by atoms with van der Waals surface area (Å²) >= 11 is 0. The SMILES string of the molecule is CC(=O)O.COC(=O)COc1ccc(C(=O)NC(=O)Nc2ccc(C(=N)N)cc2)cc1. The molecule has 11 heteroatoms. The second-order valence-corrected chi connectivity index (χ2v) is 5.81. The number of anilines is 1. The van der Waals surface area contributed by atoms with Crippen molar-refractivity contribution in [1.82, 2.24) is 5.32 Å². The maximum absolute atomic E-state index is 12.1. The highest BCUT2D eigenvalue weighted by Crippen LogP contribution is 2.13. The number of hydrogen-bond donors (Lipinski definition) is 5. The molecule has 0 bridgehead atoms. The van der Waals surface area contributed by atoms with Crippen LogP contribution in [-0.4, -0.2) is 48.5 Å². The summed E-state index contributed by atoms with van der Waals surface area (Å²) in [5, 5.41) is 19.4. The summed E-state index contributed by atoms with van der Waals surface area (Å²) in [6.45, 7) is 0.840. The molecule has 6 N–H and O–H groups in total. The van der Waals surface area contributed by atoms with E-state index in [2.05, 4.69) is 15.4 Å². The Hall–Kier alpha value is -4.41. The molecule has 0 aromatic heterocycles. The number of rotatable bonds is 6. The van der Waals surface area contributed by atoms with Crippen LogP contribution in [0.3, 0.4) is 0 Å². The first-order valence-corrected chi connectivity index (χ1v) is 8.68. The van der Waals surface area contributed by atoms with E-state index in [1.807, 2.05) is 0 Å². The molecule has 31 heavy (non-hydrogen) atoms. The molecule has 0 saturated heterocycles. The summed E-state index contributed by atoms with van der Waals surface area (Å²) in [4.78, 5) is 44.0. The molecule has 0 spiro atoms. The van der Waals surface area contributed by atoms with Gasteiger partial charge < -0.3 is 25.6 Å². The second-order valence-electron chi connectivity index (χ2n) is 5.81. The van der Waals surface area contributed by atoms with Gasteiger partial charge in [0.25, 0.3) is 11.9 Å². The van der Waals surface area contributed by atoms with Crippen molar-refractivity contribution in [2.75, 3.05) is 19.0 Å². The maximum Gasteiger partial charge on any atom is 0.343 e. The molecule has 0 aliphatic heterocycles. The monoisotopic (exact) mass is 430 g/mol. The number of nitrogens with two attached hydrogens (primary N) is 1. The Morgan fingerprint density at radius 1 is 1.00 bits per heavy atom. The third kappa shape index (κ3) is 9.56. The highest BCUT2D eigenvalue weighted by molar-refractivity contribution is 6.08. The van der Waals surface area contributed by atoms with E-state index in [9.17, 15) is 14.4 Å². The lowest BCUT2D eigenvalue weighted by molar-refractivity contribution is -0.143. The number of methoxy groups -OCH3 is 1. The normalized spacial score (nSPS) is 9.35. The number of amidine groups is 1. The summed E-state index contributed by atoms with van der Waals surface area (Å²) in [5.74, 6) is -1.66. The van der Waals surface area contributed by atoms with Gasteiger partial charge in [-0.3, -0.25) is 20.3 Å². The van der Waals surface area contributed by atoms with Gasteiger partial charge in [-0.05, 0) is 48.5 Å². The number of urea groups is 1. The minimum atomic E-state index is -0.833. The van der Waals surface area contributed by atoms with Gasteiger partial charge in [0.05, 0.1) is 7.11 Å². The lowest BCUT2D eigenvalue weighted by Crippen LogP contribution is -2.34. The first kappa shape index (κ1) is 24.6. The van der Waals surface area contributed by atoms with Crippen LogP contribution in [0.1, 0.15) is 22.8 Å². The van der Waals surface area contributed by atoms with Crippen LogP contribution in [0.4, 0.5) is 10.5 Å². The van der Waals surface area contributed by atoms with Crippen molar-refractivity contribution in [1.29, 1.82) is 5.41 Å². The highest BCUT2D eigenvalue weighted by atomic mass is 16.6. The molecule has 164 valence electrons. The van der Waals surface area contributed by atoms with Crippen molar-refractivity contribution in [3.05, 3.63) is 59.7 Å². The Kier molecular flexibility index (Phi) is 9.70. The van der Waals surface area contributed by atoms with Gasteiger partial charge in [0.1, 0.15) is 11.6 Å². The number of aliphatic carboxylic acids is 1. The van der Waals surface area contributed by atoms with Gasteiger partial charge in [0.15, 0.2) is 6.61 Å². The molecule has 0 unspecified atom stereocenters. The van der Waals surface area contributed by atoms with Gasteiger partial charge in [0, 0.05) is 23.7 Å². The van der Waals surface area contributed by atoms with Crippen LogP contribution in [-0.2, 0) is 14.3 Å². The summed E-state index contributed by atoms with van der Waals surface area (Å²) in [6, 6.07) is 11.5. The van der Waals surface area contributed by atoms with Crippen LogP contribution >= 0.6 is 0 Å². The molecule has 0 atom stereocenters. The number of carbonyl (C=O) groups excluding carboxylic acids is 3. The molecule has 3 amide bonds. The van der Waals surface area contributed by atoms with E-state index in [0.717, 1.165) is 6.92 Å². The van der Waals surface area contributed by atoms with Gasteiger partial charge >= 0.3 is 12.0 Å². The van der Waals surface area contributed by atoms with Crippen LogP contribution in [0.15, 0.2) is 48.5 Å². The summed E-state index contributed by atoms with van der Waals surface area (Å²) in [6.07, 6.45) is 0. The Morgan fingerprint density at radius 3 is 2.00 bits per heavy atom. The summed E-state index contributed by atoms with van der Waals surface area (Å²) in [7, 11) is 1.25. The maximum atomic E-state index is 12.1. The zero-order chi connectivity index (χ0) is 23.4. The zero-order valence-electron chi connectivity index (χ0n) is 16.8. The van der Waals surface area contributed by atoms with E-state index in [-0.39, 0.29) is 18.0 Å². The lowest BCUT2D eigenvalue weighted by Gasteiger charge is -2.08. The number of nitrogens with one attached hydrogen (secondary N) is 3. The average molecular weight is 430 g/mol. The van der Waals surface area contributed by atoms with Crippen molar-refractivity contribution >= 4 is 35.4 Å². The minimum absolute atomic E-state index is 0.0832. The number of amides is 3. The third-order valence-electron chi connectivity index (χ3n) is 3.38. The van der Waals surface area contributed by atoms with Crippen LogP contribution in [0, 0.1) is 5.41 Å². The molecule has 0 aliphatic carbocycles. The van der Waals surface area contributed by atoms with Crippen molar-refractivity contribution in [3.8, 4) is 5.75 Å². The Bertz CT molecular complexity index is 937. The lowest BCUT2D eigenvalue weighted by atomic mass is 10.2. The fourth-order valence-electron chi connectivity index (χ4n) is 1.97. The standard InChI is InChI=1S/C18H18N4O5.C2H4O2/c1-26-15(23)10-27-14-8-4-12(5-9-14)17(24)22-18(25)21-13-6-2-11(3-7-13)16(19)20;1-2(3)4/h2-9H,10H2,1H3,(H3,19,20)(H2,21,22,24,25);1H3,(H,3,4). The van der Waals surface area contributed by atoms with Crippen LogP contribution in [0.5, 0.6) is 5.75 Å². The molecule has 0 fully saturated rings. The van der Waals surface area contributed by atoms with E-state index in [4.69, 9.17) is 25.8 Å². The zero-order valence-corrected chi connectivity index (χ0v) is 16.8. The number of imide groups is 1. The molecular weight excluding hydrogens is 408 g/mol. The fourth-order valence-corrected chi connectivity index (χ4v) is 1.97. The predicted molar refractivity (Wildman–Crippen MR) is 111 cm³/mol. The smallest absolute Gasteiger partial charge is 0.343 e. The van der Waals surface area contributed by atoms with E-state index in [1.54, 1.807) is 24.3 Å². The number of hydrogen-bond acceptors (Lipinski definition) is 7. The summed E-state index contributed by atoms with van der Waals surface area (Å²) < 4.78 is 9.63. The number of carbonyl (C=O) groups is 4. The molecule has 2 rings (SSSR count). The highest BCUT2D eigenvalue weighted by Gasteiger charge is 2.11. The van der Waals surface area contributed by atoms with Crippen LogP contribution < -0.4 is 21.1 Å². The molecule has 0 saturated carbocycles. The quantitative estimate of drug-likeness (QED) is 0.260. The van der Waals surface area contributed by atoms with Crippen molar-refractivity contribution in [2.24, 2.45) is 5.73 Å². The van der Waals surface area contributed by atoms with E-state index < -0.39 is 23.9 Å². The van der Waals surface area contributed by atoms with Gasteiger partial charge in [0.2, 0.25) is 0 Å². The van der Waals surface area contributed by atoms with E-state index >= 15 is 0 Å². The molecule has 2 aromatic carbocycles. The molecule has 2 aromatic rings. The molecule has 0 heterocycles. The fraction of sp³-hybridized carbons (Fsp3) is 0.150. The van der Waals surface area contributed by atoms with Gasteiger partial charge in [-0.2, -0.15) is 0 Å². The number of nitrogen functional groups attached to an aromatic ring is 1. The van der Waals surface area contributed by atoms with Crippen LogP contribution in [0.2, 0.25) is 0 Å². The van der Waals surface area contributed by atoms with E-state index in [0.29, 0.717) is 17.0 Å². The number of carboxylic acid groups (broad SMARTS) is 1. The number of ether oxygens (including phenoxy) is 2. The van der Waals surface area contributed by atoms with Crippen molar-refractivity contribution < 1.29 is 33.8 Å². The largest absolute Gasteiger partial charge is 0.482 e. The van der Waals surface area contributed by atoms with Gasteiger partial charge in [-0.15, -0.1) is 0 Å². The van der Waals surface area contributed by atoms with Crippen molar-refractivity contribution in [3.63, 3.8) is 0 Å². The van der Waals surface area contributed by atoms with Gasteiger partial charge in [-0.25, -0.2) is 9.59 Å². The molecule has 0 aliphatic rings.